The lowest BCUT2D eigenvalue weighted by atomic mass is 9.52. The number of aliphatic hydroxyl groups is 1. The van der Waals surface area contributed by atoms with Crippen LogP contribution in [0.1, 0.15) is 33.5 Å². The summed E-state index contributed by atoms with van der Waals surface area (Å²) in [4.78, 5) is 68.2. The van der Waals surface area contributed by atoms with E-state index in [1.807, 2.05) is 31.2 Å². The Morgan fingerprint density at radius 1 is 1.10 bits per heavy atom. The minimum Gasteiger partial charge on any atom is -0.507 e. The van der Waals surface area contributed by atoms with Crippen LogP contribution in [0.5, 0.6) is 5.75 Å². The maximum Gasteiger partial charge on any atom is 0.235 e. The lowest BCUT2D eigenvalue weighted by Gasteiger charge is -2.52. The van der Waals surface area contributed by atoms with Crippen LogP contribution in [-0.2, 0) is 32.1 Å². The highest BCUT2D eigenvalue weighted by molar-refractivity contribution is 6.32. The van der Waals surface area contributed by atoms with Crippen LogP contribution in [0, 0.1) is 30.6 Å². The predicted octanol–water partition coefficient (Wildman–Crippen LogP) is 0.301. The van der Waals surface area contributed by atoms with E-state index < -0.39 is 64.4 Å². The third kappa shape index (κ3) is 3.70. The number of likely N-dealkylation sites (N-methyl/N-ethyl adjacent to an activating group) is 1. The molecule has 6 atom stereocenters. The molecule has 2 aromatic carbocycles. The number of carbonyl (C=O) groups excluding carboxylic acids is 5. The van der Waals surface area contributed by atoms with Gasteiger partial charge in [0.2, 0.25) is 5.91 Å². The van der Waals surface area contributed by atoms with Crippen molar-refractivity contribution in [2.75, 3.05) is 14.1 Å². The van der Waals surface area contributed by atoms with Crippen LogP contribution < -0.4 is 11.5 Å². The van der Waals surface area contributed by atoms with Crippen LogP contribution in [-0.4, -0.2) is 69.9 Å². The molecule has 0 saturated heterocycles. The number of ketones is 4. The first-order valence-corrected chi connectivity index (χ1v) is 12.8. The van der Waals surface area contributed by atoms with Gasteiger partial charge in [-0.3, -0.25) is 28.9 Å². The number of aryl methyl sites for hydroxylation is 1. The second-order valence-corrected chi connectivity index (χ2v) is 11.1. The second kappa shape index (κ2) is 9.18. The Kier molecular flexibility index (Phi) is 6.32. The molecule has 3 aliphatic carbocycles. The van der Waals surface area contributed by atoms with Gasteiger partial charge in [0.05, 0.1) is 17.5 Å². The summed E-state index contributed by atoms with van der Waals surface area (Å²) in [6, 6.07) is 8.23. The number of phenolic OH excluding ortho intramolecular Hbond substituents is 1. The minimum atomic E-state index is -2.75. The molecule has 5 rings (SSSR count). The number of fused-ring (bicyclic) bond motifs is 3. The van der Waals surface area contributed by atoms with Gasteiger partial charge in [-0.05, 0) is 62.5 Å². The number of nitrogens with zero attached hydrogens (tertiary/aromatic N) is 1. The summed E-state index contributed by atoms with van der Waals surface area (Å²) in [5.41, 5.74) is 11.8. The zero-order valence-corrected chi connectivity index (χ0v) is 21.9. The fourth-order valence-corrected chi connectivity index (χ4v) is 6.87. The van der Waals surface area contributed by atoms with Crippen molar-refractivity contribution in [3.63, 3.8) is 0 Å². The Bertz CT molecular complexity index is 1450. The lowest BCUT2D eigenvalue weighted by Crippen LogP contribution is -2.74. The fourth-order valence-electron chi connectivity index (χ4n) is 6.87. The van der Waals surface area contributed by atoms with Gasteiger partial charge >= 0.3 is 0 Å². The lowest BCUT2D eigenvalue weighted by molar-refractivity contribution is -0.181. The normalized spacial score (nSPS) is 30.2. The smallest absolute Gasteiger partial charge is 0.235 e. The van der Waals surface area contributed by atoms with E-state index >= 15 is 0 Å². The van der Waals surface area contributed by atoms with Crippen LogP contribution >= 0.6 is 0 Å². The molecule has 1 amide bonds. The molecule has 0 bridgehead atoms. The van der Waals surface area contributed by atoms with Crippen molar-refractivity contribution in [2.45, 2.75) is 38.0 Å². The standard InChI is InChI=1S/C29H31N3O7/c1-12-4-6-13(7-5-12)16-9-15(11-30)23(33)20-17(16)8-14-10-18-22(32(2)3)25(35)21(28(31)38)27(37)29(18,39)26(36)19(14)24(20)34/h4-7,9,14,18-19,21-22,33,39H,8,10-11,30H2,1-3H3,(H2,31,38)/t14-,18-,19?,21?,22+,29-/m0/s1. The van der Waals surface area contributed by atoms with E-state index in [9.17, 15) is 34.2 Å². The number of benzene rings is 2. The average Bonchev–Trinajstić information content (AvgIpc) is 2.86. The highest BCUT2D eigenvalue weighted by Gasteiger charge is 2.69. The molecule has 3 aliphatic rings. The fraction of sp³-hybridized carbons (Fsp3) is 0.414. The number of rotatable bonds is 4. The number of Topliss-reactive ketones (excluding diaryl/α,β-unsaturated/α-hetero) is 4. The van der Waals surface area contributed by atoms with Crippen molar-refractivity contribution in [3.8, 4) is 16.9 Å². The summed E-state index contributed by atoms with van der Waals surface area (Å²) < 4.78 is 0. The van der Waals surface area contributed by atoms with Crippen molar-refractivity contribution in [3.05, 3.63) is 52.6 Å². The minimum absolute atomic E-state index is 0.00334. The van der Waals surface area contributed by atoms with Crippen molar-refractivity contribution >= 4 is 29.0 Å². The van der Waals surface area contributed by atoms with Gasteiger partial charge in [0.25, 0.3) is 0 Å². The monoisotopic (exact) mass is 533 g/mol. The van der Waals surface area contributed by atoms with Crippen LogP contribution in [0.25, 0.3) is 11.1 Å². The molecule has 2 fully saturated rings. The molecule has 0 spiro atoms. The Morgan fingerprint density at radius 3 is 2.31 bits per heavy atom. The number of primary amides is 1. The van der Waals surface area contributed by atoms with Gasteiger partial charge in [0.15, 0.2) is 34.7 Å². The number of hydrogen-bond acceptors (Lipinski definition) is 9. The summed E-state index contributed by atoms with van der Waals surface area (Å²) >= 11 is 0. The van der Waals surface area contributed by atoms with Gasteiger partial charge in [-0.1, -0.05) is 29.8 Å². The molecule has 6 N–H and O–H groups in total. The summed E-state index contributed by atoms with van der Waals surface area (Å²) in [5.74, 6) is -10.7. The van der Waals surface area contributed by atoms with Crippen LogP contribution in [0.3, 0.4) is 0 Å². The molecule has 2 aromatic rings. The van der Waals surface area contributed by atoms with Crippen LogP contribution in [0.4, 0.5) is 0 Å². The Morgan fingerprint density at radius 2 is 1.74 bits per heavy atom. The van der Waals surface area contributed by atoms with Gasteiger partial charge in [-0.25, -0.2) is 0 Å². The first kappa shape index (κ1) is 26.9. The van der Waals surface area contributed by atoms with Gasteiger partial charge in [0, 0.05) is 18.0 Å². The summed E-state index contributed by atoms with van der Waals surface area (Å²) in [7, 11) is 3.10. The maximum atomic E-state index is 14.0. The number of phenols is 1. The largest absolute Gasteiger partial charge is 0.507 e. The number of carbonyl (C=O) groups is 5. The molecule has 2 saturated carbocycles. The van der Waals surface area contributed by atoms with E-state index in [-0.39, 0.29) is 30.7 Å². The Hall–Kier alpha value is -3.73. The molecule has 2 unspecified atom stereocenters. The zero-order valence-electron chi connectivity index (χ0n) is 21.9. The van der Waals surface area contributed by atoms with Crippen molar-refractivity contribution < 1.29 is 34.2 Å². The molecular formula is C29H31N3O7. The van der Waals surface area contributed by atoms with E-state index in [4.69, 9.17) is 11.5 Å². The maximum absolute atomic E-state index is 14.0. The van der Waals surface area contributed by atoms with Gasteiger partial charge in [0.1, 0.15) is 5.75 Å². The number of nitrogens with two attached hydrogens (primary N) is 2. The quantitative estimate of drug-likeness (QED) is 0.402. The summed E-state index contributed by atoms with van der Waals surface area (Å²) in [5, 5.41) is 22.8. The number of hydrogen-bond donors (Lipinski definition) is 4. The summed E-state index contributed by atoms with van der Waals surface area (Å²) in [6.45, 7) is 1.88. The first-order valence-electron chi connectivity index (χ1n) is 12.8. The van der Waals surface area contributed by atoms with Gasteiger partial charge in [-0.15, -0.1) is 0 Å². The molecule has 10 heteroatoms. The van der Waals surface area contributed by atoms with E-state index in [0.717, 1.165) is 11.1 Å². The van der Waals surface area contributed by atoms with E-state index in [2.05, 4.69) is 0 Å². The molecule has 0 radical (unpaired) electrons. The van der Waals surface area contributed by atoms with E-state index in [1.165, 1.54) is 4.90 Å². The molecule has 204 valence electrons. The van der Waals surface area contributed by atoms with Crippen LogP contribution in [0.2, 0.25) is 0 Å². The van der Waals surface area contributed by atoms with Gasteiger partial charge in [-0.2, -0.15) is 0 Å². The number of aromatic hydroxyl groups is 1. The SMILES string of the molecule is Cc1ccc(-c2cc(CN)c(O)c3c2C[C@H]2C[C@H]4[C@@H](N(C)C)C(=O)C(C(N)=O)C(=O)[C@@]4(O)C(=O)C2C3=O)cc1. The third-order valence-electron chi connectivity index (χ3n) is 8.72. The molecular weight excluding hydrogens is 502 g/mol. The highest BCUT2D eigenvalue weighted by Crippen LogP contribution is 2.52. The molecule has 0 aliphatic heterocycles. The third-order valence-corrected chi connectivity index (χ3v) is 8.72. The number of amides is 1. The van der Waals surface area contributed by atoms with Crippen molar-refractivity contribution in [2.24, 2.45) is 35.1 Å². The van der Waals surface area contributed by atoms with Crippen LogP contribution in [0.15, 0.2) is 30.3 Å². The molecule has 39 heavy (non-hydrogen) atoms. The Labute approximate surface area is 225 Å². The van der Waals surface area contributed by atoms with E-state index in [1.54, 1.807) is 20.2 Å². The molecule has 0 aromatic heterocycles. The summed E-state index contributed by atoms with van der Waals surface area (Å²) in [6.07, 6.45) is 0.185. The average molecular weight is 534 g/mol. The topological polar surface area (TPSA) is 181 Å². The zero-order chi connectivity index (χ0) is 28.5. The predicted molar refractivity (Wildman–Crippen MR) is 139 cm³/mol. The highest BCUT2D eigenvalue weighted by atomic mass is 16.3. The Balaban J connectivity index is 1.69. The van der Waals surface area contributed by atoms with Crippen molar-refractivity contribution in [1.82, 2.24) is 4.90 Å². The second-order valence-electron chi connectivity index (χ2n) is 11.1. The first-order chi connectivity index (χ1) is 18.3. The van der Waals surface area contributed by atoms with Crippen molar-refractivity contribution in [1.29, 1.82) is 0 Å². The van der Waals surface area contributed by atoms with E-state index in [0.29, 0.717) is 16.7 Å². The molecule has 10 nitrogen and oxygen atoms in total. The van der Waals surface area contributed by atoms with Gasteiger partial charge < -0.3 is 21.7 Å². The molecule has 0 heterocycles.